The van der Waals surface area contributed by atoms with Gasteiger partial charge in [-0.15, -0.1) is 12.1 Å². The van der Waals surface area contributed by atoms with Gasteiger partial charge in [-0.05, 0) is 81.7 Å². The summed E-state index contributed by atoms with van der Waals surface area (Å²) in [7, 11) is 0. The molecule has 1 aromatic heterocycles. The topological polar surface area (TPSA) is 3.01 Å². The largest absolute Gasteiger partial charge is 0.257 e. The number of rotatable bonds is 4. The molecule has 0 N–H and O–H groups in total. The Morgan fingerprint density at radius 3 is 2.26 bits per heavy atom. The Bertz CT molecular complexity index is 1910. The molecular formula is C39H40FNS. The van der Waals surface area contributed by atoms with Crippen LogP contribution in [-0.4, -0.2) is 11.3 Å². The molecule has 42 heavy (non-hydrogen) atoms. The molecule has 1 aliphatic rings. The zero-order chi connectivity index (χ0) is 30.1. The number of hydrogen-bond donors (Lipinski definition) is 0. The van der Waals surface area contributed by atoms with E-state index < -0.39 is 0 Å². The van der Waals surface area contributed by atoms with Crippen molar-refractivity contribution in [2.75, 3.05) is 0 Å². The van der Waals surface area contributed by atoms with Crippen LogP contribution in [0.2, 0.25) is 0 Å². The summed E-state index contributed by atoms with van der Waals surface area (Å²) in [6, 6.07) is 20.6. The zero-order valence-corrected chi connectivity index (χ0v) is 26.9. The second-order valence-corrected chi connectivity index (χ2v) is 14.4. The van der Waals surface area contributed by atoms with Gasteiger partial charge in [-0.25, -0.2) is 4.39 Å². The minimum atomic E-state index is -0.135. The van der Waals surface area contributed by atoms with Crippen LogP contribution in [0.5, 0.6) is 0 Å². The summed E-state index contributed by atoms with van der Waals surface area (Å²) < 4.78 is 19.3. The molecule has 4 aromatic carbocycles. The average molecular weight is 574 g/mol. The number of aryl methyl sites for hydroxylation is 3. The molecule has 0 saturated carbocycles. The highest BCUT2D eigenvalue weighted by molar-refractivity contribution is 7.19. The highest BCUT2D eigenvalue weighted by atomic mass is 32.1. The first-order chi connectivity index (χ1) is 19.9. The fraction of sp³-hybridized carbons (Fsp3) is 0.282. The van der Waals surface area contributed by atoms with E-state index in [9.17, 15) is 0 Å². The van der Waals surface area contributed by atoms with E-state index in [0.717, 1.165) is 50.5 Å². The Morgan fingerprint density at radius 2 is 1.62 bits per heavy atom. The number of hydrogen-bond acceptors (Lipinski definition) is 0. The third-order valence-electron chi connectivity index (χ3n) is 8.64. The molecule has 3 heteroatoms. The molecule has 0 bridgehead atoms. The Balaban J connectivity index is 1.55. The van der Waals surface area contributed by atoms with Gasteiger partial charge < -0.3 is 0 Å². The van der Waals surface area contributed by atoms with Gasteiger partial charge in [-0.1, -0.05) is 106 Å². The highest BCUT2D eigenvalue weighted by Crippen LogP contribution is 2.47. The molecule has 0 unspecified atom stereocenters. The fourth-order valence-corrected chi connectivity index (χ4v) is 8.09. The van der Waals surface area contributed by atoms with E-state index in [-0.39, 0.29) is 11.2 Å². The molecule has 2 heterocycles. The molecule has 0 atom stereocenters. The van der Waals surface area contributed by atoms with E-state index >= 15 is 4.39 Å². The van der Waals surface area contributed by atoms with Crippen LogP contribution >= 0.6 is 11.3 Å². The van der Waals surface area contributed by atoms with Gasteiger partial charge >= 0.3 is 0 Å². The normalized spacial score (nSPS) is 13.6. The second-order valence-electron chi connectivity index (χ2n) is 13.4. The predicted molar refractivity (Wildman–Crippen MR) is 180 cm³/mol. The second kappa shape index (κ2) is 10.2. The van der Waals surface area contributed by atoms with Crippen molar-refractivity contribution < 1.29 is 8.97 Å². The third-order valence-corrected chi connectivity index (χ3v) is 9.86. The van der Waals surface area contributed by atoms with Crippen LogP contribution in [0.3, 0.4) is 0 Å². The van der Waals surface area contributed by atoms with Crippen LogP contribution < -0.4 is 0 Å². The van der Waals surface area contributed by atoms with E-state index in [4.69, 9.17) is 0 Å². The summed E-state index contributed by atoms with van der Waals surface area (Å²) in [5, 5.41) is 3.49. The molecule has 0 aliphatic carbocycles. The lowest BCUT2D eigenvalue weighted by atomic mass is 9.79. The Morgan fingerprint density at radius 1 is 0.952 bits per heavy atom. The molecule has 0 saturated heterocycles. The lowest BCUT2D eigenvalue weighted by Gasteiger charge is -2.28. The number of thiophene rings is 1. The summed E-state index contributed by atoms with van der Waals surface area (Å²) in [5.74, 6) is 0.445. The summed E-state index contributed by atoms with van der Waals surface area (Å²) >= 11 is 1.55. The molecule has 1 aliphatic heterocycles. The fourth-order valence-electron chi connectivity index (χ4n) is 6.78. The van der Waals surface area contributed by atoms with Gasteiger partial charge in [0.05, 0.1) is 6.72 Å². The van der Waals surface area contributed by atoms with Gasteiger partial charge in [0.25, 0.3) is 0 Å². The first-order valence-corrected chi connectivity index (χ1v) is 15.7. The van der Waals surface area contributed by atoms with Crippen LogP contribution in [-0.2, 0) is 11.8 Å². The molecule has 6 rings (SSSR count). The van der Waals surface area contributed by atoms with E-state index in [1.807, 2.05) is 16.8 Å². The predicted octanol–water partition coefficient (Wildman–Crippen LogP) is 10.9. The third kappa shape index (κ3) is 4.59. The molecule has 1 nitrogen and oxygen atoms in total. The first kappa shape index (κ1) is 28.4. The van der Waals surface area contributed by atoms with E-state index in [1.54, 1.807) is 11.3 Å². The van der Waals surface area contributed by atoms with Crippen molar-refractivity contribution in [3.05, 3.63) is 116 Å². The minimum absolute atomic E-state index is 0.0381. The standard InChI is InChI=1S/C39H40FNS/c1-22(2)18-26-19-23(3)34(24(4)20-26)31-15-14-29-30-16-17-41(9)36(38(30)42-37(29)35(31)40)32-21-33(39(6,7)8)28-13-11-10-12-27(28)25(32)5/h10-17,19-22H,9,18H2,1-8H3. The van der Waals surface area contributed by atoms with Crippen LogP contribution in [0.15, 0.2) is 60.8 Å². The van der Waals surface area contributed by atoms with Gasteiger partial charge in [0, 0.05) is 0 Å². The maximum Gasteiger partial charge on any atom is 0.197 e. The molecule has 0 fully saturated rings. The molecule has 5 aromatic rings. The SMILES string of the molecule is C=[N+]1C=Cc2c([s+][c-]3c(F)c(-c4c(C)cc(CC(C)C)cc4C)ccc23)[C-]1c1cc(C(C)(C)C)c2ccccc2c1C. The maximum atomic E-state index is 16.6. The Kier molecular flexibility index (Phi) is 6.93. The van der Waals surface area contributed by atoms with Crippen molar-refractivity contribution in [1.82, 2.24) is 0 Å². The van der Waals surface area contributed by atoms with Crippen LogP contribution in [0.1, 0.15) is 78.4 Å². The number of benzene rings is 4. The van der Waals surface area contributed by atoms with Crippen molar-refractivity contribution >= 4 is 45.0 Å². The van der Waals surface area contributed by atoms with Crippen LogP contribution in [0.25, 0.3) is 38.1 Å². The van der Waals surface area contributed by atoms with Crippen LogP contribution in [0, 0.1) is 38.5 Å². The average Bonchev–Trinajstić information content (AvgIpc) is 3.29. The van der Waals surface area contributed by atoms with Gasteiger partial charge in [0.2, 0.25) is 0 Å². The van der Waals surface area contributed by atoms with Gasteiger partial charge in [0.15, 0.2) is 15.6 Å². The molecular weight excluding hydrogens is 534 g/mol. The quantitative estimate of drug-likeness (QED) is 0.114. The van der Waals surface area contributed by atoms with Crippen molar-refractivity contribution in [2.24, 2.45) is 5.92 Å². The van der Waals surface area contributed by atoms with Gasteiger partial charge in [-0.3, -0.25) is 4.58 Å². The van der Waals surface area contributed by atoms with Crippen molar-refractivity contribution in [1.29, 1.82) is 0 Å². The van der Waals surface area contributed by atoms with Crippen molar-refractivity contribution in [3.8, 4) is 11.1 Å². The van der Waals surface area contributed by atoms with E-state index in [2.05, 4.69) is 117 Å². The van der Waals surface area contributed by atoms with Crippen molar-refractivity contribution in [3.63, 3.8) is 0 Å². The first-order valence-electron chi connectivity index (χ1n) is 14.9. The number of fused-ring (bicyclic) bond motifs is 4. The Labute approximate surface area is 254 Å². The lowest BCUT2D eigenvalue weighted by molar-refractivity contribution is -0.417. The number of halogens is 1. The summed E-state index contributed by atoms with van der Waals surface area (Å²) in [6.07, 6.45) is 5.13. The summed E-state index contributed by atoms with van der Waals surface area (Å²) in [4.78, 5) is 1.07. The molecule has 214 valence electrons. The molecule has 0 amide bonds. The number of nitrogens with zero attached hydrogens (tertiary/aromatic N) is 1. The minimum Gasteiger partial charge on any atom is -0.257 e. The van der Waals surface area contributed by atoms with Gasteiger partial charge in [0.1, 0.15) is 23.4 Å². The highest BCUT2D eigenvalue weighted by Gasteiger charge is 2.35. The van der Waals surface area contributed by atoms with Crippen molar-refractivity contribution in [2.45, 2.75) is 67.2 Å². The molecule has 0 radical (unpaired) electrons. The zero-order valence-electron chi connectivity index (χ0n) is 26.1. The van der Waals surface area contributed by atoms with Crippen LogP contribution in [0.4, 0.5) is 4.39 Å². The summed E-state index contributed by atoms with van der Waals surface area (Å²) in [6.45, 7) is 22.1. The van der Waals surface area contributed by atoms with E-state index in [0.29, 0.717) is 16.2 Å². The lowest BCUT2D eigenvalue weighted by Crippen LogP contribution is -2.20. The summed E-state index contributed by atoms with van der Waals surface area (Å²) in [5.41, 5.74) is 9.96. The smallest absolute Gasteiger partial charge is 0.197 e. The maximum absolute atomic E-state index is 16.6. The van der Waals surface area contributed by atoms with Gasteiger partial charge in [-0.2, -0.15) is 0 Å². The van der Waals surface area contributed by atoms with E-state index in [1.165, 1.54) is 27.5 Å². The monoisotopic (exact) mass is 573 g/mol. The molecule has 0 spiro atoms. The Hall–Kier alpha value is -3.69.